The Morgan fingerprint density at radius 3 is 2.38 bits per heavy atom. The third-order valence-electron chi connectivity index (χ3n) is 2.53. The predicted molar refractivity (Wildman–Crippen MR) is 77.4 cm³/mol. The van der Waals surface area contributed by atoms with Crippen LogP contribution in [0.5, 0.6) is 0 Å². The minimum absolute atomic E-state index is 0.0290. The molecule has 1 atom stereocenters. The number of carboxylic acids is 1. The van der Waals surface area contributed by atoms with Gasteiger partial charge in [0.1, 0.15) is 0 Å². The molecule has 0 aromatic heterocycles. The molecule has 116 valence electrons. The highest BCUT2D eigenvalue weighted by Gasteiger charge is 2.31. The highest BCUT2D eigenvalue weighted by atomic mass is 35.5. The molecule has 1 unspecified atom stereocenters. The van der Waals surface area contributed by atoms with Gasteiger partial charge in [-0.05, 0) is 19.1 Å². The van der Waals surface area contributed by atoms with E-state index in [0.717, 1.165) is 20.1 Å². The lowest BCUT2D eigenvalue weighted by Gasteiger charge is -2.15. The molecule has 0 aliphatic heterocycles. The van der Waals surface area contributed by atoms with Gasteiger partial charge in [-0.15, -0.1) is 0 Å². The number of carbonyl (C=O) groups is 2. The van der Waals surface area contributed by atoms with Crippen LogP contribution in [0.1, 0.15) is 17.3 Å². The Hall–Kier alpha value is -1.51. The number of hydrogen-bond donors (Lipinski definition) is 2. The SMILES string of the molecule is COC(=O)C(C)S(=O)(=O)Nc1c(Cl)cc(Cl)cc1C(=O)O. The van der Waals surface area contributed by atoms with Crippen LogP contribution in [0, 0.1) is 0 Å². The summed E-state index contributed by atoms with van der Waals surface area (Å²) in [5.74, 6) is -2.42. The molecule has 7 nitrogen and oxygen atoms in total. The topological polar surface area (TPSA) is 110 Å². The van der Waals surface area contributed by atoms with Crippen LogP contribution in [-0.2, 0) is 19.6 Å². The number of halogens is 2. The van der Waals surface area contributed by atoms with Gasteiger partial charge in [0.05, 0.1) is 23.4 Å². The second-order valence-corrected chi connectivity index (χ2v) is 6.77. The lowest BCUT2D eigenvalue weighted by atomic mass is 10.2. The number of sulfonamides is 1. The van der Waals surface area contributed by atoms with Crippen LogP contribution in [0.4, 0.5) is 5.69 Å². The molecular formula is C11H11Cl2NO6S. The van der Waals surface area contributed by atoms with E-state index in [1.54, 1.807) is 0 Å². The van der Waals surface area contributed by atoms with Gasteiger partial charge >= 0.3 is 11.9 Å². The Balaban J connectivity index is 3.31. The third-order valence-corrected chi connectivity index (χ3v) is 4.66. The third kappa shape index (κ3) is 3.99. The molecule has 0 aliphatic carbocycles. The van der Waals surface area contributed by atoms with Crippen LogP contribution >= 0.6 is 23.2 Å². The lowest BCUT2D eigenvalue weighted by Crippen LogP contribution is -2.33. The Morgan fingerprint density at radius 1 is 1.33 bits per heavy atom. The molecule has 0 saturated heterocycles. The van der Waals surface area contributed by atoms with E-state index < -0.39 is 32.8 Å². The molecule has 0 aliphatic rings. The number of carbonyl (C=O) groups excluding carboxylic acids is 1. The molecule has 0 radical (unpaired) electrons. The van der Waals surface area contributed by atoms with Crippen LogP contribution in [-0.4, -0.2) is 37.8 Å². The summed E-state index contributed by atoms with van der Waals surface area (Å²) >= 11 is 11.5. The van der Waals surface area contributed by atoms with Crippen molar-refractivity contribution in [1.29, 1.82) is 0 Å². The average Bonchev–Trinajstić information content (AvgIpc) is 2.39. The van der Waals surface area contributed by atoms with Crippen LogP contribution in [0.15, 0.2) is 12.1 Å². The molecule has 10 heteroatoms. The Labute approximate surface area is 130 Å². The summed E-state index contributed by atoms with van der Waals surface area (Å²) in [7, 11) is -3.20. The molecule has 1 aromatic carbocycles. The first-order valence-corrected chi connectivity index (χ1v) is 7.72. The van der Waals surface area contributed by atoms with E-state index in [1.165, 1.54) is 6.07 Å². The maximum absolute atomic E-state index is 12.0. The van der Waals surface area contributed by atoms with Gasteiger partial charge < -0.3 is 9.84 Å². The van der Waals surface area contributed by atoms with E-state index in [4.69, 9.17) is 28.3 Å². The van der Waals surface area contributed by atoms with Gasteiger partial charge in [-0.25, -0.2) is 13.2 Å². The molecule has 0 saturated carbocycles. The fourth-order valence-corrected chi connectivity index (χ4v) is 3.00. The van der Waals surface area contributed by atoms with Crippen molar-refractivity contribution in [3.8, 4) is 0 Å². The molecule has 1 aromatic rings. The molecule has 0 heterocycles. The van der Waals surface area contributed by atoms with Crippen LogP contribution in [0.3, 0.4) is 0 Å². The summed E-state index contributed by atoms with van der Waals surface area (Å²) < 4.78 is 30.3. The predicted octanol–water partition coefficient (Wildman–Crippen LogP) is 1.99. The summed E-state index contributed by atoms with van der Waals surface area (Å²) in [5.41, 5.74) is -0.808. The molecule has 0 amide bonds. The number of carboxylic acid groups (broad SMARTS) is 1. The molecule has 0 fully saturated rings. The molecule has 2 N–H and O–H groups in total. The summed E-state index contributed by atoms with van der Waals surface area (Å²) in [6.45, 7) is 1.10. The largest absolute Gasteiger partial charge is 0.478 e. The second-order valence-electron chi connectivity index (χ2n) is 3.93. The Bertz CT molecular complexity index is 688. The monoisotopic (exact) mass is 355 g/mol. The molecule has 0 bridgehead atoms. The van der Waals surface area contributed by atoms with Gasteiger partial charge in [-0.3, -0.25) is 9.52 Å². The maximum Gasteiger partial charge on any atom is 0.337 e. The first-order chi connectivity index (χ1) is 9.60. The second kappa shape index (κ2) is 6.50. The molecule has 1 rings (SSSR count). The summed E-state index contributed by atoms with van der Waals surface area (Å²) in [6, 6.07) is 2.21. The van der Waals surface area contributed by atoms with Gasteiger partial charge in [0.25, 0.3) is 0 Å². The van der Waals surface area contributed by atoms with Crippen molar-refractivity contribution in [1.82, 2.24) is 0 Å². The number of nitrogens with one attached hydrogen (secondary N) is 1. The minimum Gasteiger partial charge on any atom is -0.478 e. The number of hydrogen-bond acceptors (Lipinski definition) is 5. The molecular weight excluding hydrogens is 345 g/mol. The van der Waals surface area contributed by atoms with Crippen molar-refractivity contribution >= 4 is 50.9 Å². The van der Waals surface area contributed by atoms with E-state index in [1.807, 2.05) is 4.72 Å². The normalized spacial score (nSPS) is 12.6. The first-order valence-electron chi connectivity index (χ1n) is 5.42. The Kier molecular flexibility index (Phi) is 5.43. The standard InChI is InChI=1S/C11H11Cl2NO6S/c1-5(11(17)20-2)21(18,19)14-9-7(10(15)16)3-6(12)4-8(9)13/h3-5,14H,1-2H3,(H,15,16). The van der Waals surface area contributed by atoms with Gasteiger partial charge in [0.2, 0.25) is 10.0 Å². The number of benzene rings is 1. The van der Waals surface area contributed by atoms with E-state index in [0.29, 0.717) is 0 Å². The van der Waals surface area contributed by atoms with E-state index in [2.05, 4.69) is 4.74 Å². The van der Waals surface area contributed by atoms with E-state index >= 15 is 0 Å². The van der Waals surface area contributed by atoms with E-state index in [-0.39, 0.29) is 15.7 Å². The minimum atomic E-state index is -4.23. The van der Waals surface area contributed by atoms with E-state index in [9.17, 15) is 18.0 Å². The number of esters is 1. The van der Waals surface area contributed by atoms with Crippen molar-refractivity contribution in [3.05, 3.63) is 27.7 Å². The first kappa shape index (κ1) is 17.5. The zero-order chi connectivity index (χ0) is 16.4. The zero-order valence-electron chi connectivity index (χ0n) is 10.9. The summed E-state index contributed by atoms with van der Waals surface area (Å²) in [6.07, 6.45) is 0. The van der Waals surface area contributed by atoms with Gasteiger partial charge in [-0.2, -0.15) is 0 Å². The van der Waals surface area contributed by atoms with Crippen LogP contribution in [0.25, 0.3) is 0 Å². The van der Waals surface area contributed by atoms with Crippen molar-refractivity contribution in [2.75, 3.05) is 11.8 Å². The molecule has 21 heavy (non-hydrogen) atoms. The number of ether oxygens (including phenoxy) is 1. The highest BCUT2D eigenvalue weighted by molar-refractivity contribution is 7.94. The number of rotatable bonds is 5. The average molecular weight is 356 g/mol. The quantitative estimate of drug-likeness (QED) is 0.781. The van der Waals surface area contributed by atoms with Gasteiger partial charge in [-0.1, -0.05) is 23.2 Å². The summed E-state index contributed by atoms with van der Waals surface area (Å²) in [4.78, 5) is 22.4. The van der Waals surface area contributed by atoms with Crippen molar-refractivity contribution in [3.63, 3.8) is 0 Å². The zero-order valence-corrected chi connectivity index (χ0v) is 13.2. The van der Waals surface area contributed by atoms with Crippen LogP contribution in [0.2, 0.25) is 10.0 Å². The number of aromatic carboxylic acids is 1. The Morgan fingerprint density at radius 2 is 1.90 bits per heavy atom. The smallest absolute Gasteiger partial charge is 0.337 e. The van der Waals surface area contributed by atoms with Gasteiger partial charge in [0.15, 0.2) is 5.25 Å². The maximum atomic E-state index is 12.0. The number of anilines is 1. The van der Waals surface area contributed by atoms with Crippen molar-refractivity contribution in [2.24, 2.45) is 0 Å². The lowest BCUT2D eigenvalue weighted by molar-refractivity contribution is -0.139. The fraction of sp³-hybridized carbons (Fsp3) is 0.273. The summed E-state index contributed by atoms with van der Waals surface area (Å²) in [5, 5.41) is 7.34. The fourth-order valence-electron chi connectivity index (χ4n) is 1.37. The van der Waals surface area contributed by atoms with Crippen LogP contribution < -0.4 is 4.72 Å². The van der Waals surface area contributed by atoms with Crippen molar-refractivity contribution < 1.29 is 27.9 Å². The van der Waals surface area contributed by atoms with Gasteiger partial charge in [0, 0.05) is 5.02 Å². The number of methoxy groups -OCH3 is 1. The highest BCUT2D eigenvalue weighted by Crippen LogP contribution is 2.31. The molecule has 0 spiro atoms. The van der Waals surface area contributed by atoms with Crippen molar-refractivity contribution in [2.45, 2.75) is 12.2 Å².